The van der Waals surface area contributed by atoms with E-state index in [1.54, 1.807) is 25.0 Å². The molecule has 0 spiro atoms. The van der Waals surface area contributed by atoms with Crippen LogP contribution in [0.2, 0.25) is 0 Å². The van der Waals surface area contributed by atoms with Crippen molar-refractivity contribution in [3.8, 4) is 23.0 Å². The second-order valence-corrected chi connectivity index (χ2v) is 8.25. The van der Waals surface area contributed by atoms with Crippen LogP contribution < -0.4 is 24.5 Å². The Labute approximate surface area is 193 Å². The molecule has 1 aliphatic rings. The van der Waals surface area contributed by atoms with E-state index in [2.05, 4.69) is 23.1 Å². The molecule has 0 saturated carbocycles. The fourth-order valence-electron chi connectivity index (χ4n) is 4.09. The van der Waals surface area contributed by atoms with Gasteiger partial charge in [-0.3, -0.25) is 4.79 Å². The highest BCUT2D eigenvalue weighted by atomic mass is 16.6. The van der Waals surface area contributed by atoms with E-state index >= 15 is 0 Å². The van der Waals surface area contributed by atoms with E-state index in [1.807, 2.05) is 25.1 Å². The largest absolute Gasteiger partial charge is 0.493 e. The van der Waals surface area contributed by atoms with E-state index in [1.165, 1.54) is 5.56 Å². The molecule has 176 valence electrons. The van der Waals surface area contributed by atoms with Crippen LogP contribution in [-0.2, 0) is 13.0 Å². The Hall–Kier alpha value is -3.26. The summed E-state index contributed by atoms with van der Waals surface area (Å²) in [5.74, 6) is 2.77. The molecule has 4 rings (SSSR count). The molecule has 3 aromatic rings. The van der Waals surface area contributed by atoms with Crippen molar-refractivity contribution in [2.45, 2.75) is 26.3 Å². The van der Waals surface area contributed by atoms with Gasteiger partial charge in [-0.25, -0.2) is 4.68 Å². The smallest absolute Gasteiger partial charge is 0.274 e. The lowest BCUT2D eigenvalue weighted by Crippen LogP contribution is -2.28. The van der Waals surface area contributed by atoms with Gasteiger partial charge in [-0.15, -0.1) is 0 Å². The summed E-state index contributed by atoms with van der Waals surface area (Å²) in [5.41, 5.74) is 1.90. The molecule has 0 fully saturated rings. The molecule has 2 aromatic carbocycles. The number of ether oxygens (including phenoxy) is 4. The minimum atomic E-state index is -0.0967. The summed E-state index contributed by atoms with van der Waals surface area (Å²) in [5, 5.41) is 5.97. The Morgan fingerprint density at radius 2 is 1.70 bits per heavy atom. The van der Waals surface area contributed by atoms with Crippen LogP contribution in [0.15, 0.2) is 35.1 Å². The van der Waals surface area contributed by atoms with E-state index in [4.69, 9.17) is 18.9 Å². The molecule has 8 heteroatoms. The average molecular weight is 454 g/mol. The van der Waals surface area contributed by atoms with E-state index in [-0.39, 0.29) is 5.56 Å². The van der Waals surface area contributed by atoms with E-state index in [9.17, 15) is 4.79 Å². The maximum atomic E-state index is 13.0. The topological polar surface area (TPSA) is 75.1 Å². The second kappa shape index (κ2) is 10.1. The van der Waals surface area contributed by atoms with Crippen LogP contribution in [0.25, 0.3) is 10.8 Å². The molecule has 0 unspecified atom stereocenters. The van der Waals surface area contributed by atoms with Crippen molar-refractivity contribution in [2.75, 3.05) is 47.6 Å². The van der Waals surface area contributed by atoms with Crippen molar-refractivity contribution in [1.82, 2.24) is 14.7 Å². The fourth-order valence-corrected chi connectivity index (χ4v) is 4.09. The Kier molecular flexibility index (Phi) is 7.03. The molecular weight excluding hydrogens is 422 g/mol. The highest BCUT2D eigenvalue weighted by Crippen LogP contribution is 2.34. The van der Waals surface area contributed by atoms with Crippen molar-refractivity contribution >= 4 is 10.8 Å². The summed E-state index contributed by atoms with van der Waals surface area (Å²) in [4.78, 5) is 15.3. The average Bonchev–Trinajstić information content (AvgIpc) is 2.84. The van der Waals surface area contributed by atoms with E-state index in [0.29, 0.717) is 36.6 Å². The zero-order valence-corrected chi connectivity index (χ0v) is 19.7. The number of nitrogens with zero attached hydrogens (tertiary/aromatic N) is 3. The lowest BCUT2D eigenvalue weighted by Gasteiger charge is -2.20. The van der Waals surface area contributed by atoms with Gasteiger partial charge in [0, 0.05) is 18.5 Å². The van der Waals surface area contributed by atoms with Gasteiger partial charge in [-0.1, -0.05) is 6.07 Å². The van der Waals surface area contributed by atoms with Gasteiger partial charge in [-0.2, -0.15) is 5.10 Å². The fraction of sp³-hybridized carbons (Fsp3) is 0.440. The first-order valence-corrected chi connectivity index (χ1v) is 11.2. The molecule has 1 aromatic heterocycles. The third-order valence-electron chi connectivity index (χ3n) is 5.95. The first kappa shape index (κ1) is 22.9. The van der Waals surface area contributed by atoms with Crippen LogP contribution in [0.4, 0.5) is 0 Å². The number of aromatic nitrogens is 2. The lowest BCUT2D eigenvalue weighted by atomic mass is 10.1. The minimum absolute atomic E-state index is 0.0967. The van der Waals surface area contributed by atoms with Crippen LogP contribution >= 0.6 is 0 Å². The minimum Gasteiger partial charge on any atom is -0.493 e. The zero-order valence-electron chi connectivity index (χ0n) is 19.7. The number of aryl methyl sites for hydroxylation is 2. The molecule has 1 aliphatic heterocycles. The second-order valence-electron chi connectivity index (χ2n) is 8.25. The maximum absolute atomic E-state index is 13.0. The number of hydrogen-bond donors (Lipinski definition) is 0. The summed E-state index contributed by atoms with van der Waals surface area (Å²) in [6.45, 7) is 5.25. The Morgan fingerprint density at radius 3 is 2.39 bits per heavy atom. The molecule has 0 bridgehead atoms. The number of hydrogen-bond acceptors (Lipinski definition) is 7. The molecule has 2 heterocycles. The molecule has 0 N–H and O–H groups in total. The molecule has 0 aliphatic carbocycles. The quantitative estimate of drug-likeness (QED) is 0.493. The van der Waals surface area contributed by atoms with Crippen LogP contribution in [0, 0.1) is 6.92 Å². The van der Waals surface area contributed by atoms with Gasteiger partial charge in [0.05, 0.1) is 25.3 Å². The van der Waals surface area contributed by atoms with Crippen molar-refractivity contribution in [3.63, 3.8) is 0 Å². The predicted octanol–water partition coefficient (Wildman–Crippen LogP) is 3.06. The normalized spacial score (nSPS) is 12.9. The third-order valence-corrected chi connectivity index (χ3v) is 5.95. The number of likely N-dealkylation sites (N-methyl/N-ethyl adjacent to an activating group) is 1. The van der Waals surface area contributed by atoms with Gasteiger partial charge < -0.3 is 23.8 Å². The van der Waals surface area contributed by atoms with Gasteiger partial charge in [0.25, 0.3) is 5.56 Å². The van der Waals surface area contributed by atoms with Gasteiger partial charge >= 0.3 is 0 Å². The number of benzene rings is 2. The number of fused-ring (bicyclic) bond motifs is 2. The molecule has 0 radical (unpaired) electrons. The predicted molar refractivity (Wildman–Crippen MR) is 127 cm³/mol. The Bertz CT molecular complexity index is 1190. The van der Waals surface area contributed by atoms with Crippen LogP contribution in [0.3, 0.4) is 0 Å². The van der Waals surface area contributed by atoms with Crippen molar-refractivity contribution < 1.29 is 18.9 Å². The summed E-state index contributed by atoms with van der Waals surface area (Å²) in [6.07, 6.45) is 1.72. The third kappa shape index (κ3) is 5.06. The molecule has 8 nitrogen and oxygen atoms in total. The van der Waals surface area contributed by atoms with Crippen molar-refractivity contribution in [3.05, 3.63) is 51.9 Å². The molecule has 33 heavy (non-hydrogen) atoms. The lowest BCUT2D eigenvalue weighted by molar-refractivity contribution is 0.172. The van der Waals surface area contributed by atoms with E-state index < -0.39 is 0 Å². The molecular formula is C25H31N3O5. The van der Waals surface area contributed by atoms with Gasteiger partial charge in [0.15, 0.2) is 23.0 Å². The number of methoxy groups -OCH3 is 2. The summed E-state index contributed by atoms with van der Waals surface area (Å²) in [7, 11) is 5.37. The molecule has 0 atom stereocenters. The van der Waals surface area contributed by atoms with Crippen molar-refractivity contribution in [1.29, 1.82) is 0 Å². The summed E-state index contributed by atoms with van der Waals surface area (Å²) < 4.78 is 23.6. The first-order valence-electron chi connectivity index (χ1n) is 11.2. The standard InChI is InChI=1S/C25H31N3O5/c1-17-19-15-23-24(33-13-12-32-23)16-20(19)25(29)28(26-17)10-5-9-27(2)11-8-18-6-7-21(30-3)22(14-18)31-4/h6-7,14-16H,5,8-13H2,1-4H3. The Balaban J connectivity index is 1.36. The number of rotatable bonds is 9. The highest BCUT2D eigenvalue weighted by molar-refractivity contribution is 5.87. The zero-order chi connectivity index (χ0) is 23.4. The highest BCUT2D eigenvalue weighted by Gasteiger charge is 2.17. The first-order chi connectivity index (χ1) is 16.0. The van der Waals surface area contributed by atoms with Crippen LogP contribution in [-0.4, -0.2) is 62.3 Å². The SMILES string of the molecule is COc1ccc(CCN(C)CCCn2nc(C)c3cc4c(cc3c2=O)OCCO4)cc1OC. The Morgan fingerprint density at radius 1 is 1.00 bits per heavy atom. The van der Waals surface area contributed by atoms with Gasteiger partial charge in [0.2, 0.25) is 0 Å². The maximum Gasteiger partial charge on any atom is 0.274 e. The van der Waals surface area contributed by atoms with E-state index in [0.717, 1.165) is 48.5 Å². The summed E-state index contributed by atoms with van der Waals surface area (Å²) in [6, 6.07) is 9.65. The van der Waals surface area contributed by atoms with Crippen LogP contribution in [0.1, 0.15) is 17.7 Å². The van der Waals surface area contributed by atoms with Crippen molar-refractivity contribution in [2.24, 2.45) is 0 Å². The van der Waals surface area contributed by atoms with Gasteiger partial charge in [0.1, 0.15) is 13.2 Å². The molecule has 0 amide bonds. The summed E-state index contributed by atoms with van der Waals surface area (Å²) >= 11 is 0. The van der Waals surface area contributed by atoms with Crippen LogP contribution in [0.5, 0.6) is 23.0 Å². The van der Waals surface area contributed by atoms with Gasteiger partial charge in [-0.05, 0) is 63.2 Å². The monoisotopic (exact) mass is 453 g/mol. The molecule has 0 saturated heterocycles.